The molecule has 0 spiro atoms. The lowest BCUT2D eigenvalue weighted by atomic mass is 10.1. The summed E-state index contributed by atoms with van der Waals surface area (Å²) in [6.07, 6.45) is 1.69. The summed E-state index contributed by atoms with van der Waals surface area (Å²) in [4.78, 5) is 11.8. The van der Waals surface area contributed by atoms with Gasteiger partial charge in [0.05, 0.1) is 26.0 Å². The summed E-state index contributed by atoms with van der Waals surface area (Å²) in [6, 6.07) is 0. The van der Waals surface area contributed by atoms with Gasteiger partial charge in [0.2, 0.25) is 0 Å². The molecule has 0 heterocycles. The van der Waals surface area contributed by atoms with E-state index in [-0.39, 0.29) is 31.9 Å². The predicted molar refractivity (Wildman–Crippen MR) is 75.3 cm³/mol. The van der Waals surface area contributed by atoms with Gasteiger partial charge in [0.1, 0.15) is 0 Å². The molecule has 5 nitrogen and oxygen atoms in total. The van der Waals surface area contributed by atoms with Crippen LogP contribution in [0, 0.1) is 5.92 Å². The third-order valence-corrected chi connectivity index (χ3v) is 4.12. The van der Waals surface area contributed by atoms with Gasteiger partial charge in [-0.2, -0.15) is 0 Å². The number of hydrogen-bond donors (Lipinski definition) is 0. The van der Waals surface area contributed by atoms with Crippen LogP contribution in [-0.2, 0) is 23.1 Å². The highest BCUT2D eigenvalue weighted by atomic mass is 31.2. The van der Waals surface area contributed by atoms with Gasteiger partial charge >= 0.3 is 13.6 Å². The second-order valence-electron chi connectivity index (χ2n) is 4.26. The second kappa shape index (κ2) is 9.29. The molecule has 0 bridgehead atoms. The Morgan fingerprint density at radius 3 is 2.00 bits per heavy atom. The molecule has 0 atom stereocenters. The lowest BCUT2D eigenvalue weighted by Crippen LogP contribution is -2.14. The van der Waals surface area contributed by atoms with Crippen LogP contribution in [0.4, 0.5) is 0 Å². The van der Waals surface area contributed by atoms with Crippen molar-refractivity contribution in [3.8, 4) is 0 Å². The van der Waals surface area contributed by atoms with Gasteiger partial charge in [-0.1, -0.05) is 19.9 Å². The average Bonchev–Trinajstić information content (AvgIpc) is 2.28. The molecule has 0 fully saturated rings. The SMILES string of the molecule is CCOC(=O)/C(=C/C(C)C)CP(=O)(OCC)OCC. The van der Waals surface area contributed by atoms with Gasteiger partial charge in [0.15, 0.2) is 0 Å². The monoisotopic (exact) mass is 292 g/mol. The average molecular weight is 292 g/mol. The first-order chi connectivity index (χ1) is 8.88. The minimum absolute atomic E-state index is 0.0499. The molecule has 0 saturated heterocycles. The summed E-state index contributed by atoms with van der Waals surface area (Å²) in [6.45, 7) is 9.91. The van der Waals surface area contributed by atoms with Crippen LogP contribution in [0.2, 0.25) is 0 Å². The molecule has 0 rings (SSSR count). The van der Waals surface area contributed by atoms with Crippen LogP contribution in [0.3, 0.4) is 0 Å². The van der Waals surface area contributed by atoms with Crippen molar-refractivity contribution in [3.05, 3.63) is 11.6 Å². The van der Waals surface area contributed by atoms with Crippen molar-refractivity contribution in [1.82, 2.24) is 0 Å². The van der Waals surface area contributed by atoms with Crippen molar-refractivity contribution in [2.45, 2.75) is 34.6 Å². The van der Waals surface area contributed by atoms with Crippen LogP contribution in [0.1, 0.15) is 34.6 Å². The molecule has 0 aliphatic carbocycles. The van der Waals surface area contributed by atoms with E-state index in [9.17, 15) is 9.36 Å². The molecule has 0 aromatic heterocycles. The number of carbonyl (C=O) groups is 1. The molecule has 0 unspecified atom stereocenters. The summed E-state index contributed by atoms with van der Waals surface area (Å²) >= 11 is 0. The molecular weight excluding hydrogens is 267 g/mol. The van der Waals surface area contributed by atoms with Gasteiger partial charge in [-0.05, 0) is 26.7 Å². The van der Waals surface area contributed by atoms with E-state index >= 15 is 0 Å². The fourth-order valence-corrected chi connectivity index (χ4v) is 3.24. The zero-order valence-corrected chi connectivity index (χ0v) is 13.4. The van der Waals surface area contributed by atoms with Crippen LogP contribution in [-0.4, -0.2) is 32.0 Å². The van der Waals surface area contributed by atoms with E-state index in [0.717, 1.165) is 0 Å². The first kappa shape index (κ1) is 18.4. The Labute approximate surface area is 115 Å². The lowest BCUT2D eigenvalue weighted by Gasteiger charge is -2.18. The summed E-state index contributed by atoms with van der Waals surface area (Å²) in [7, 11) is -3.28. The van der Waals surface area contributed by atoms with E-state index in [1.54, 1.807) is 26.8 Å². The fourth-order valence-electron chi connectivity index (χ4n) is 1.54. The molecule has 0 radical (unpaired) electrons. The number of esters is 1. The molecule has 0 N–H and O–H groups in total. The van der Waals surface area contributed by atoms with Crippen molar-refractivity contribution in [2.75, 3.05) is 26.0 Å². The molecule has 112 valence electrons. The van der Waals surface area contributed by atoms with Gasteiger partial charge in [-0.3, -0.25) is 4.57 Å². The Kier molecular flexibility index (Phi) is 8.98. The largest absolute Gasteiger partial charge is 0.463 e. The van der Waals surface area contributed by atoms with Gasteiger partial charge in [-0.25, -0.2) is 4.79 Å². The summed E-state index contributed by atoms with van der Waals surface area (Å²) in [5, 5.41) is 0. The van der Waals surface area contributed by atoms with Gasteiger partial charge < -0.3 is 13.8 Å². The highest BCUT2D eigenvalue weighted by Gasteiger charge is 2.28. The normalized spacial score (nSPS) is 12.8. The van der Waals surface area contributed by atoms with Crippen molar-refractivity contribution >= 4 is 13.6 Å². The van der Waals surface area contributed by atoms with Gasteiger partial charge in [0.25, 0.3) is 0 Å². The minimum Gasteiger partial charge on any atom is -0.463 e. The van der Waals surface area contributed by atoms with E-state index in [1.807, 2.05) is 13.8 Å². The van der Waals surface area contributed by atoms with Crippen LogP contribution in [0.5, 0.6) is 0 Å². The standard InChI is InChI=1S/C13H25O5P/c1-6-16-13(14)12(9-11(4)5)10-19(15,17-7-2)18-8-3/h9,11H,6-8,10H2,1-5H3/b12-9+. The number of carbonyl (C=O) groups excluding carboxylic acids is 1. The van der Waals surface area contributed by atoms with Crippen molar-refractivity contribution < 1.29 is 23.1 Å². The van der Waals surface area contributed by atoms with Gasteiger partial charge in [0, 0.05) is 5.57 Å². The Morgan fingerprint density at radius 1 is 1.11 bits per heavy atom. The zero-order chi connectivity index (χ0) is 14.9. The minimum atomic E-state index is -3.28. The Morgan fingerprint density at radius 2 is 1.63 bits per heavy atom. The van der Waals surface area contributed by atoms with Gasteiger partial charge in [-0.15, -0.1) is 0 Å². The summed E-state index contributed by atoms with van der Waals surface area (Å²) in [5.41, 5.74) is 0.349. The maximum atomic E-state index is 12.4. The third kappa shape index (κ3) is 7.51. The molecule has 0 amide bonds. The Bertz CT molecular complexity index is 339. The molecule has 0 aliphatic heterocycles. The van der Waals surface area contributed by atoms with Crippen molar-refractivity contribution in [1.29, 1.82) is 0 Å². The maximum absolute atomic E-state index is 12.4. The molecular formula is C13H25O5P. The van der Waals surface area contributed by atoms with Crippen LogP contribution in [0.25, 0.3) is 0 Å². The quantitative estimate of drug-likeness (QED) is 0.370. The molecule has 0 saturated carbocycles. The lowest BCUT2D eigenvalue weighted by molar-refractivity contribution is -0.138. The highest BCUT2D eigenvalue weighted by molar-refractivity contribution is 7.54. The van der Waals surface area contributed by atoms with Crippen LogP contribution >= 0.6 is 7.60 Å². The van der Waals surface area contributed by atoms with E-state index in [2.05, 4.69) is 0 Å². The van der Waals surface area contributed by atoms with Crippen LogP contribution < -0.4 is 0 Å². The Balaban J connectivity index is 5.07. The highest BCUT2D eigenvalue weighted by Crippen LogP contribution is 2.49. The van der Waals surface area contributed by atoms with E-state index in [4.69, 9.17) is 13.8 Å². The first-order valence-electron chi connectivity index (χ1n) is 6.64. The molecule has 19 heavy (non-hydrogen) atoms. The summed E-state index contributed by atoms with van der Waals surface area (Å²) in [5.74, 6) is -0.313. The Hall–Kier alpha value is -0.640. The summed E-state index contributed by atoms with van der Waals surface area (Å²) < 4.78 is 27.8. The molecule has 0 aromatic carbocycles. The van der Waals surface area contributed by atoms with Crippen molar-refractivity contribution in [3.63, 3.8) is 0 Å². The maximum Gasteiger partial charge on any atom is 0.335 e. The topological polar surface area (TPSA) is 61.8 Å². The molecule has 0 aromatic rings. The van der Waals surface area contributed by atoms with E-state index in [1.165, 1.54) is 0 Å². The number of rotatable bonds is 9. The molecule has 6 heteroatoms. The predicted octanol–water partition coefficient (Wildman–Crippen LogP) is 3.40. The van der Waals surface area contributed by atoms with Crippen molar-refractivity contribution in [2.24, 2.45) is 5.92 Å². The number of hydrogen-bond acceptors (Lipinski definition) is 5. The fraction of sp³-hybridized carbons (Fsp3) is 0.769. The zero-order valence-electron chi connectivity index (χ0n) is 12.5. The van der Waals surface area contributed by atoms with Crippen LogP contribution in [0.15, 0.2) is 11.6 Å². The number of allylic oxidation sites excluding steroid dienone is 1. The van der Waals surface area contributed by atoms with E-state index < -0.39 is 13.6 Å². The smallest absolute Gasteiger partial charge is 0.335 e. The first-order valence-corrected chi connectivity index (χ1v) is 8.37. The second-order valence-corrected chi connectivity index (χ2v) is 6.32. The molecule has 0 aliphatic rings. The van der Waals surface area contributed by atoms with E-state index in [0.29, 0.717) is 5.57 Å². The third-order valence-electron chi connectivity index (χ3n) is 2.09. The number of ether oxygens (including phenoxy) is 1.